The second kappa shape index (κ2) is 3.94. The molecule has 0 aromatic carbocycles. The monoisotopic (exact) mass is 146 g/mol. The minimum Gasteiger partial charge on any atom is -0.394 e. The van der Waals surface area contributed by atoms with Gasteiger partial charge in [0.15, 0.2) is 0 Å². The van der Waals surface area contributed by atoms with E-state index in [2.05, 4.69) is 20.8 Å². The largest absolute Gasteiger partial charge is 0.394 e. The van der Waals surface area contributed by atoms with Crippen molar-refractivity contribution in [1.82, 2.24) is 0 Å². The zero-order valence-electron chi connectivity index (χ0n) is 7.09. The van der Waals surface area contributed by atoms with Crippen LogP contribution in [0.4, 0.5) is 0 Å². The van der Waals surface area contributed by atoms with Gasteiger partial charge in [-0.1, -0.05) is 27.2 Å². The molecular weight excluding hydrogens is 128 g/mol. The van der Waals surface area contributed by atoms with Crippen LogP contribution in [0.3, 0.4) is 0 Å². The highest BCUT2D eigenvalue weighted by atomic mass is 16.3. The van der Waals surface area contributed by atoms with Gasteiger partial charge in [-0.05, 0) is 11.8 Å². The SMILES string of the molecule is CCC(C)(C)CC(O)CO. The van der Waals surface area contributed by atoms with Crippen molar-refractivity contribution < 1.29 is 10.2 Å². The highest BCUT2D eigenvalue weighted by Crippen LogP contribution is 2.25. The molecule has 2 nitrogen and oxygen atoms in total. The van der Waals surface area contributed by atoms with Gasteiger partial charge in [-0.2, -0.15) is 0 Å². The third kappa shape index (κ3) is 3.85. The summed E-state index contributed by atoms with van der Waals surface area (Å²) in [5.41, 5.74) is 0.155. The average Bonchev–Trinajstić information content (AvgIpc) is 1.87. The molecule has 0 aromatic heterocycles. The van der Waals surface area contributed by atoms with Crippen molar-refractivity contribution in [3.8, 4) is 0 Å². The number of aliphatic hydroxyl groups excluding tert-OH is 2. The molecule has 2 heteroatoms. The molecule has 0 heterocycles. The number of hydrogen-bond acceptors (Lipinski definition) is 2. The Morgan fingerprint density at radius 3 is 2.20 bits per heavy atom. The van der Waals surface area contributed by atoms with Gasteiger partial charge in [0.2, 0.25) is 0 Å². The Kier molecular flexibility index (Phi) is 3.91. The summed E-state index contributed by atoms with van der Waals surface area (Å²) < 4.78 is 0. The van der Waals surface area contributed by atoms with Gasteiger partial charge in [-0.25, -0.2) is 0 Å². The van der Waals surface area contributed by atoms with E-state index in [1.54, 1.807) is 0 Å². The molecule has 0 radical (unpaired) electrons. The molecule has 0 saturated heterocycles. The van der Waals surface area contributed by atoms with Crippen molar-refractivity contribution in [2.45, 2.75) is 39.7 Å². The standard InChI is InChI=1S/C8H18O2/c1-4-8(2,3)5-7(10)6-9/h7,9-10H,4-6H2,1-3H3. The van der Waals surface area contributed by atoms with E-state index in [0.717, 1.165) is 6.42 Å². The minimum absolute atomic E-state index is 0.122. The lowest BCUT2D eigenvalue weighted by atomic mass is 9.84. The highest BCUT2D eigenvalue weighted by Gasteiger charge is 2.18. The third-order valence-electron chi connectivity index (χ3n) is 1.96. The van der Waals surface area contributed by atoms with E-state index in [-0.39, 0.29) is 12.0 Å². The number of aliphatic hydroxyl groups is 2. The van der Waals surface area contributed by atoms with E-state index < -0.39 is 6.10 Å². The summed E-state index contributed by atoms with van der Waals surface area (Å²) >= 11 is 0. The summed E-state index contributed by atoms with van der Waals surface area (Å²) in [5, 5.41) is 17.6. The van der Waals surface area contributed by atoms with Crippen molar-refractivity contribution >= 4 is 0 Å². The molecule has 0 fully saturated rings. The second-order valence-electron chi connectivity index (χ2n) is 3.56. The smallest absolute Gasteiger partial charge is 0.0776 e. The first-order valence-corrected chi connectivity index (χ1v) is 3.81. The van der Waals surface area contributed by atoms with E-state index in [0.29, 0.717) is 6.42 Å². The van der Waals surface area contributed by atoms with E-state index in [4.69, 9.17) is 10.2 Å². The van der Waals surface area contributed by atoms with Crippen LogP contribution >= 0.6 is 0 Å². The summed E-state index contributed by atoms with van der Waals surface area (Å²) in [6.45, 7) is 6.14. The molecule has 10 heavy (non-hydrogen) atoms. The Balaban J connectivity index is 3.64. The first-order chi connectivity index (χ1) is 4.52. The van der Waals surface area contributed by atoms with Gasteiger partial charge in [0, 0.05) is 0 Å². The predicted octanol–water partition coefficient (Wildman–Crippen LogP) is 1.17. The molecule has 1 unspecified atom stereocenters. The van der Waals surface area contributed by atoms with Gasteiger partial charge in [0.1, 0.15) is 0 Å². The maximum Gasteiger partial charge on any atom is 0.0776 e. The van der Waals surface area contributed by atoms with Gasteiger partial charge < -0.3 is 10.2 Å². The molecule has 0 spiro atoms. The molecule has 0 aliphatic carbocycles. The minimum atomic E-state index is -0.546. The van der Waals surface area contributed by atoms with Gasteiger partial charge in [0.25, 0.3) is 0 Å². The molecule has 62 valence electrons. The molecule has 0 amide bonds. The van der Waals surface area contributed by atoms with Crippen molar-refractivity contribution in [2.24, 2.45) is 5.41 Å². The van der Waals surface area contributed by atoms with Gasteiger partial charge >= 0.3 is 0 Å². The molecule has 0 rings (SSSR count). The van der Waals surface area contributed by atoms with Crippen LogP contribution in [0, 0.1) is 5.41 Å². The van der Waals surface area contributed by atoms with Crippen LogP contribution in [-0.4, -0.2) is 22.9 Å². The van der Waals surface area contributed by atoms with Crippen molar-refractivity contribution in [2.75, 3.05) is 6.61 Å². The molecule has 0 aliphatic heterocycles. The molecular formula is C8H18O2. The van der Waals surface area contributed by atoms with Crippen LogP contribution in [-0.2, 0) is 0 Å². The Hall–Kier alpha value is -0.0800. The average molecular weight is 146 g/mol. The van der Waals surface area contributed by atoms with E-state index in [1.807, 2.05) is 0 Å². The van der Waals surface area contributed by atoms with Crippen molar-refractivity contribution in [3.05, 3.63) is 0 Å². The fourth-order valence-electron chi connectivity index (χ4n) is 0.847. The van der Waals surface area contributed by atoms with Crippen molar-refractivity contribution in [1.29, 1.82) is 0 Å². The van der Waals surface area contributed by atoms with Crippen LogP contribution in [0.25, 0.3) is 0 Å². The summed E-state index contributed by atoms with van der Waals surface area (Å²) in [6, 6.07) is 0. The zero-order chi connectivity index (χ0) is 8.20. The van der Waals surface area contributed by atoms with Crippen LogP contribution in [0.5, 0.6) is 0 Å². The van der Waals surface area contributed by atoms with E-state index in [1.165, 1.54) is 0 Å². The Morgan fingerprint density at radius 2 is 1.90 bits per heavy atom. The summed E-state index contributed by atoms with van der Waals surface area (Å²) in [6.07, 6.45) is 1.17. The Bertz CT molecular complexity index is 89.3. The lowest BCUT2D eigenvalue weighted by molar-refractivity contribution is 0.0556. The molecule has 0 aliphatic rings. The third-order valence-corrected chi connectivity index (χ3v) is 1.96. The second-order valence-corrected chi connectivity index (χ2v) is 3.56. The first kappa shape index (κ1) is 9.92. The molecule has 0 bridgehead atoms. The normalized spacial score (nSPS) is 15.3. The summed E-state index contributed by atoms with van der Waals surface area (Å²) in [7, 11) is 0. The Labute approximate surface area is 62.9 Å². The highest BCUT2D eigenvalue weighted by molar-refractivity contribution is 4.70. The van der Waals surface area contributed by atoms with Crippen LogP contribution in [0.1, 0.15) is 33.6 Å². The van der Waals surface area contributed by atoms with Gasteiger partial charge in [-0.3, -0.25) is 0 Å². The quantitative estimate of drug-likeness (QED) is 0.625. The number of rotatable bonds is 4. The van der Waals surface area contributed by atoms with Gasteiger partial charge in [-0.15, -0.1) is 0 Å². The van der Waals surface area contributed by atoms with E-state index >= 15 is 0 Å². The predicted molar refractivity (Wildman–Crippen MR) is 41.8 cm³/mol. The lowest BCUT2D eigenvalue weighted by Crippen LogP contribution is -2.22. The summed E-state index contributed by atoms with van der Waals surface area (Å²) in [5.74, 6) is 0. The topological polar surface area (TPSA) is 40.5 Å². The molecule has 1 atom stereocenters. The fraction of sp³-hybridized carbons (Fsp3) is 1.00. The van der Waals surface area contributed by atoms with Crippen LogP contribution < -0.4 is 0 Å². The first-order valence-electron chi connectivity index (χ1n) is 3.81. The molecule has 0 aromatic rings. The van der Waals surface area contributed by atoms with Gasteiger partial charge in [0.05, 0.1) is 12.7 Å². The van der Waals surface area contributed by atoms with Crippen LogP contribution in [0.15, 0.2) is 0 Å². The summed E-state index contributed by atoms with van der Waals surface area (Å²) in [4.78, 5) is 0. The zero-order valence-corrected chi connectivity index (χ0v) is 7.09. The maximum atomic E-state index is 9.07. The number of hydrogen-bond donors (Lipinski definition) is 2. The maximum absolute atomic E-state index is 9.07. The van der Waals surface area contributed by atoms with Crippen LogP contribution in [0.2, 0.25) is 0 Å². The molecule has 0 saturated carbocycles. The fourth-order valence-corrected chi connectivity index (χ4v) is 0.847. The Morgan fingerprint density at radius 1 is 1.40 bits per heavy atom. The van der Waals surface area contributed by atoms with E-state index in [9.17, 15) is 0 Å². The molecule has 2 N–H and O–H groups in total. The van der Waals surface area contributed by atoms with Crippen molar-refractivity contribution in [3.63, 3.8) is 0 Å². The lowest BCUT2D eigenvalue weighted by Gasteiger charge is -2.24.